The van der Waals surface area contributed by atoms with Crippen molar-refractivity contribution in [3.63, 3.8) is 0 Å². The van der Waals surface area contributed by atoms with Crippen molar-refractivity contribution in [1.82, 2.24) is 10.3 Å². The Morgan fingerprint density at radius 3 is 2.78 bits per heavy atom. The minimum atomic E-state index is 0.649. The Labute approximate surface area is 111 Å². The van der Waals surface area contributed by atoms with Crippen molar-refractivity contribution in [2.45, 2.75) is 39.2 Å². The van der Waals surface area contributed by atoms with Crippen molar-refractivity contribution in [2.24, 2.45) is 5.92 Å². The maximum Gasteiger partial charge on any atom is 0.128 e. The summed E-state index contributed by atoms with van der Waals surface area (Å²) >= 11 is 0. The molecule has 0 spiro atoms. The van der Waals surface area contributed by atoms with Gasteiger partial charge >= 0.3 is 0 Å². The van der Waals surface area contributed by atoms with Crippen molar-refractivity contribution >= 4 is 5.82 Å². The quantitative estimate of drug-likeness (QED) is 0.867. The molecule has 1 aliphatic heterocycles. The molecule has 3 nitrogen and oxygen atoms in total. The van der Waals surface area contributed by atoms with Crippen molar-refractivity contribution in [3.8, 4) is 0 Å². The molecule has 2 rings (SSSR count). The van der Waals surface area contributed by atoms with E-state index in [4.69, 9.17) is 0 Å². The van der Waals surface area contributed by atoms with Crippen LogP contribution < -0.4 is 10.2 Å². The SMILES string of the molecule is CCCNC(C)C1CCN(c2ccccn2)CC1. The van der Waals surface area contributed by atoms with E-state index < -0.39 is 0 Å². The smallest absolute Gasteiger partial charge is 0.128 e. The van der Waals surface area contributed by atoms with Crippen LogP contribution >= 0.6 is 0 Å². The predicted molar refractivity (Wildman–Crippen MR) is 76.9 cm³/mol. The molecule has 1 fully saturated rings. The normalized spacial score (nSPS) is 18.9. The van der Waals surface area contributed by atoms with Gasteiger partial charge in [0.05, 0.1) is 0 Å². The van der Waals surface area contributed by atoms with Crippen LogP contribution in [0.15, 0.2) is 24.4 Å². The Bertz CT molecular complexity index is 331. The van der Waals surface area contributed by atoms with Crippen molar-refractivity contribution < 1.29 is 0 Å². The number of aromatic nitrogens is 1. The second kappa shape index (κ2) is 6.74. The van der Waals surface area contributed by atoms with Gasteiger partial charge in [0, 0.05) is 25.3 Å². The number of pyridine rings is 1. The fraction of sp³-hybridized carbons (Fsp3) is 0.667. The van der Waals surface area contributed by atoms with E-state index in [-0.39, 0.29) is 0 Å². The second-order valence-electron chi connectivity index (χ2n) is 5.26. The first-order valence-corrected chi connectivity index (χ1v) is 7.20. The van der Waals surface area contributed by atoms with Gasteiger partial charge in [-0.1, -0.05) is 13.0 Å². The number of piperidine rings is 1. The zero-order valence-electron chi connectivity index (χ0n) is 11.6. The van der Waals surface area contributed by atoms with Crippen LogP contribution in [-0.4, -0.2) is 30.7 Å². The number of nitrogens with zero attached hydrogens (tertiary/aromatic N) is 2. The highest BCUT2D eigenvalue weighted by Gasteiger charge is 2.23. The lowest BCUT2D eigenvalue weighted by Gasteiger charge is -2.35. The molecular weight excluding hydrogens is 222 g/mol. The molecule has 2 heterocycles. The highest BCUT2D eigenvalue weighted by molar-refractivity contribution is 5.37. The zero-order chi connectivity index (χ0) is 12.8. The van der Waals surface area contributed by atoms with E-state index in [1.165, 1.54) is 19.3 Å². The Balaban J connectivity index is 1.81. The largest absolute Gasteiger partial charge is 0.357 e. The number of hydrogen-bond acceptors (Lipinski definition) is 3. The summed E-state index contributed by atoms with van der Waals surface area (Å²) < 4.78 is 0. The van der Waals surface area contributed by atoms with E-state index in [1.54, 1.807) is 0 Å². The highest BCUT2D eigenvalue weighted by atomic mass is 15.2. The molecule has 1 aromatic heterocycles. The topological polar surface area (TPSA) is 28.2 Å². The van der Waals surface area contributed by atoms with Crippen LogP contribution in [0.4, 0.5) is 5.82 Å². The van der Waals surface area contributed by atoms with Gasteiger partial charge in [-0.3, -0.25) is 0 Å². The molecule has 1 aliphatic rings. The van der Waals surface area contributed by atoms with E-state index in [0.717, 1.165) is 31.4 Å². The van der Waals surface area contributed by atoms with Gasteiger partial charge in [0.25, 0.3) is 0 Å². The minimum Gasteiger partial charge on any atom is -0.357 e. The lowest BCUT2D eigenvalue weighted by Crippen LogP contribution is -2.42. The highest BCUT2D eigenvalue weighted by Crippen LogP contribution is 2.23. The van der Waals surface area contributed by atoms with Gasteiger partial charge in [-0.2, -0.15) is 0 Å². The summed E-state index contributed by atoms with van der Waals surface area (Å²) in [6, 6.07) is 6.81. The maximum absolute atomic E-state index is 4.43. The molecule has 0 aliphatic carbocycles. The molecule has 1 atom stereocenters. The van der Waals surface area contributed by atoms with Crippen LogP contribution in [0, 0.1) is 5.92 Å². The fourth-order valence-electron chi connectivity index (χ4n) is 2.71. The molecule has 1 N–H and O–H groups in total. The maximum atomic E-state index is 4.43. The van der Waals surface area contributed by atoms with E-state index in [0.29, 0.717) is 6.04 Å². The lowest BCUT2D eigenvalue weighted by molar-refractivity contribution is 0.311. The lowest BCUT2D eigenvalue weighted by atomic mass is 9.90. The first kappa shape index (κ1) is 13.3. The molecule has 100 valence electrons. The number of rotatable bonds is 5. The average Bonchev–Trinajstić information content (AvgIpc) is 2.46. The summed E-state index contributed by atoms with van der Waals surface area (Å²) in [6.45, 7) is 7.97. The van der Waals surface area contributed by atoms with Crippen molar-refractivity contribution in [3.05, 3.63) is 24.4 Å². The van der Waals surface area contributed by atoms with Gasteiger partial charge in [0.1, 0.15) is 5.82 Å². The molecule has 0 amide bonds. The van der Waals surface area contributed by atoms with E-state index in [9.17, 15) is 0 Å². The Kier molecular flexibility index (Phi) is 5.00. The molecule has 0 aromatic carbocycles. The average molecular weight is 247 g/mol. The summed E-state index contributed by atoms with van der Waals surface area (Å²) in [4.78, 5) is 6.84. The Hall–Kier alpha value is -1.09. The van der Waals surface area contributed by atoms with Gasteiger partial charge in [-0.25, -0.2) is 4.98 Å². The molecule has 3 heteroatoms. The second-order valence-corrected chi connectivity index (χ2v) is 5.26. The van der Waals surface area contributed by atoms with E-state index >= 15 is 0 Å². The van der Waals surface area contributed by atoms with Gasteiger partial charge < -0.3 is 10.2 Å². The summed E-state index contributed by atoms with van der Waals surface area (Å²) in [6.07, 6.45) is 5.65. The third-order valence-corrected chi connectivity index (χ3v) is 3.94. The number of hydrogen-bond donors (Lipinski definition) is 1. The number of anilines is 1. The third kappa shape index (κ3) is 3.45. The molecule has 0 saturated carbocycles. The van der Waals surface area contributed by atoms with Gasteiger partial charge in [-0.05, 0) is 50.8 Å². The van der Waals surface area contributed by atoms with Crippen LogP contribution in [0.1, 0.15) is 33.1 Å². The van der Waals surface area contributed by atoms with Crippen LogP contribution in [0.5, 0.6) is 0 Å². The van der Waals surface area contributed by atoms with Crippen LogP contribution in [0.3, 0.4) is 0 Å². The molecular formula is C15H25N3. The Morgan fingerprint density at radius 2 is 2.17 bits per heavy atom. The molecule has 1 unspecified atom stereocenters. The van der Waals surface area contributed by atoms with E-state index in [2.05, 4.69) is 41.2 Å². The third-order valence-electron chi connectivity index (χ3n) is 3.94. The molecule has 0 radical (unpaired) electrons. The summed E-state index contributed by atoms with van der Waals surface area (Å²) in [5.41, 5.74) is 0. The first-order valence-electron chi connectivity index (χ1n) is 7.20. The van der Waals surface area contributed by atoms with Crippen molar-refractivity contribution in [2.75, 3.05) is 24.5 Å². The predicted octanol–water partition coefficient (Wildman–Crippen LogP) is 2.69. The van der Waals surface area contributed by atoms with Crippen LogP contribution in [0.2, 0.25) is 0 Å². The van der Waals surface area contributed by atoms with Crippen LogP contribution in [-0.2, 0) is 0 Å². The standard InChI is InChI=1S/C15H25N3/c1-3-9-16-13(2)14-7-11-18(12-8-14)15-6-4-5-10-17-15/h4-6,10,13-14,16H,3,7-9,11-12H2,1-2H3. The Morgan fingerprint density at radius 1 is 1.39 bits per heavy atom. The van der Waals surface area contributed by atoms with Gasteiger partial charge in [-0.15, -0.1) is 0 Å². The first-order chi connectivity index (χ1) is 8.81. The monoisotopic (exact) mass is 247 g/mol. The summed E-state index contributed by atoms with van der Waals surface area (Å²) in [5, 5.41) is 3.62. The fourth-order valence-corrected chi connectivity index (χ4v) is 2.71. The van der Waals surface area contributed by atoms with Gasteiger partial charge in [0.15, 0.2) is 0 Å². The zero-order valence-corrected chi connectivity index (χ0v) is 11.6. The van der Waals surface area contributed by atoms with Crippen molar-refractivity contribution in [1.29, 1.82) is 0 Å². The van der Waals surface area contributed by atoms with Gasteiger partial charge in [0.2, 0.25) is 0 Å². The molecule has 1 saturated heterocycles. The molecule has 0 bridgehead atoms. The van der Waals surface area contributed by atoms with E-state index in [1.807, 2.05) is 12.3 Å². The molecule has 18 heavy (non-hydrogen) atoms. The molecule has 1 aromatic rings. The number of nitrogens with one attached hydrogen (secondary N) is 1. The van der Waals surface area contributed by atoms with Crippen LogP contribution in [0.25, 0.3) is 0 Å². The summed E-state index contributed by atoms with van der Waals surface area (Å²) in [7, 11) is 0. The minimum absolute atomic E-state index is 0.649. The summed E-state index contributed by atoms with van der Waals surface area (Å²) in [5.74, 6) is 1.95.